The zero-order chi connectivity index (χ0) is 14.2. The third kappa shape index (κ3) is 4.72. The predicted octanol–water partition coefficient (Wildman–Crippen LogP) is 1.96. The number of nitrogens with one attached hydrogen (secondary N) is 1. The van der Waals surface area contributed by atoms with E-state index in [-0.39, 0.29) is 5.91 Å². The lowest BCUT2D eigenvalue weighted by Crippen LogP contribution is -2.25. The molecule has 4 nitrogen and oxygen atoms in total. The van der Waals surface area contributed by atoms with Gasteiger partial charge in [0.15, 0.2) is 0 Å². The Hall–Kier alpha value is -2.36. The lowest BCUT2D eigenvalue weighted by Gasteiger charge is -2.05. The fourth-order valence-electron chi connectivity index (χ4n) is 1.93. The molecule has 104 valence electrons. The van der Waals surface area contributed by atoms with E-state index in [1.165, 1.54) is 5.56 Å². The Morgan fingerprint density at radius 2 is 1.65 bits per heavy atom. The van der Waals surface area contributed by atoms with Gasteiger partial charge in [-0.25, -0.2) is 0 Å². The van der Waals surface area contributed by atoms with Gasteiger partial charge in [0, 0.05) is 31.0 Å². The molecule has 0 aliphatic rings. The van der Waals surface area contributed by atoms with Crippen molar-refractivity contribution in [3.63, 3.8) is 0 Å². The number of anilines is 1. The lowest BCUT2D eigenvalue weighted by molar-refractivity contribution is -0.121. The summed E-state index contributed by atoms with van der Waals surface area (Å²) in [6, 6.07) is 11.5. The van der Waals surface area contributed by atoms with E-state index in [0.717, 1.165) is 24.1 Å². The average Bonchev–Trinajstić information content (AvgIpc) is 2.48. The van der Waals surface area contributed by atoms with Crippen molar-refractivity contribution < 1.29 is 4.79 Å². The van der Waals surface area contributed by atoms with Crippen LogP contribution in [0.25, 0.3) is 0 Å². The molecule has 1 heterocycles. The van der Waals surface area contributed by atoms with E-state index in [9.17, 15) is 4.79 Å². The van der Waals surface area contributed by atoms with Crippen LogP contribution < -0.4 is 11.1 Å². The number of carbonyl (C=O) groups is 1. The fraction of sp³-hybridized carbons (Fsp3) is 0.250. The van der Waals surface area contributed by atoms with E-state index in [1.54, 1.807) is 12.4 Å². The molecule has 0 atom stereocenters. The molecule has 1 aromatic heterocycles. The smallest absolute Gasteiger partial charge is 0.220 e. The van der Waals surface area contributed by atoms with Crippen LogP contribution in [0, 0.1) is 0 Å². The summed E-state index contributed by atoms with van der Waals surface area (Å²) in [5.74, 6) is 0.0795. The van der Waals surface area contributed by atoms with Crippen LogP contribution in [-0.4, -0.2) is 17.4 Å². The first-order valence-corrected chi connectivity index (χ1v) is 6.74. The Morgan fingerprint density at radius 3 is 2.35 bits per heavy atom. The average molecular weight is 269 g/mol. The first kappa shape index (κ1) is 14.1. The predicted molar refractivity (Wildman–Crippen MR) is 80.1 cm³/mol. The minimum Gasteiger partial charge on any atom is -0.399 e. The monoisotopic (exact) mass is 269 g/mol. The molecule has 0 radical (unpaired) electrons. The molecule has 0 saturated carbocycles. The first-order valence-electron chi connectivity index (χ1n) is 6.74. The minimum atomic E-state index is 0.0795. The van der Waals surface area contributed by atoms with Crippen molar-refractivity contribution in [1.82, 2.24) is 10.3 Å². The number of carbonyl (C=O) groups excluding carboxylic acids is 1. The van der Waals surface area contributed by atoms with Gasteiger partial charge in [-0.05, 0) is 48.2 Å². The Labute approximate surface area is 119 Å². The Bertz CT molecular complexity index is 537. The van der Waals surface area contributed by atoms with Crippen LogP contribution in [0.4, 0.5) is 5.69 Å². The summed E-state index contributed by atoms with van der Waals surface area (Å²) in [5, 5.41) is 2.93. The number of nitrogen functional groups attached to an aromatic ring is 1. The molecule has 1 amide bonds. The Morgan fingerprint density at radius 1 is 1.00 bits per heavy atom. The van der Waals surface area contributed by atoms with E-state index in [2.05, 4.69) is 10.3 Å². The number of aryl methyl sites for hydroxylation is 1. The van der Waals surface area contributed by atoms with Crippen molar-refractivity contribution in [3.05, 3.63) is 59.9 Å². The topological polar surface area (TPSA) is 68.0 Å². The van der Waals surface area contributed by atoms with Crippen molar-refractivity contribution in [1.29, 1.82) is 0 Å². The molecular formula is C16H19N3O. The minimum absolute atomic E-state index is 0.0795. The third-order valence-electron chi connectivity index (χ3n) is 3.11. The molecule has 0 bridgehead atoms. The first-order chi connectivity index (χ1) is 9.74. The molecule has 2 aromatic rings. The van der Waals surface area contributed by atoms with E-state index in [1.807, 2.05) is 36.4 Å². The molecule has 20 heavy (non-hydrogen) atoms. The maximum absolute atomic E-state index is 11.7. The van der Waals surface area contributed by atoms with Gasteiger partial charge in [0.1, 0.15) is 0 Å². The van der Waals surface area contributed by atoms with Gasteiger partial charge in [-0.15, -0.1) is 0 Å². The molecule has 4 heteroatoms. The van der Waals surface area contributed by atoms with Crippen molar-refractivity contribution >= 4 is 11.6 Å². The van der Waals surface area contributed by atoms with Gasteiger partial charge in [-0.2, -0.15) is 0 Å². The van der Waals surface area contributed by atoms with Gasteiger partial charge < -0.3 is 11.1 Å². The van der Waals surface area contributed by atoms with Crippen molar-refractivity contribution in [2.75, 3.05) is 12.3 Å². The second-order valence-electron chi connectivity index (χ2n) is 4.70. The zero-order valence-electron chi connectivity index (χ0n) is 11.4. The highest BCUT2D eigenvalue weighted by Gasteiger charge is 2.02. The third-order valence-corrected chi connectivity index (χ3v) is 3.11. The normalized spacial score (nSPS) is 10.2. The summed E-state index contributed by atoms with van der Waals surface area (Å²) in [6.07, 6.45) is 5.59. The standard InChI is InChI=1S/C16H19N3O/c17-15-4-1-13(2-5-15)3-6-16(20)19-12-9-14-7-10-18-11-8-14/h1-2,4-5,7-8,10-11H,3,6,9,12,17H2,(H,19,20). The summed E-state index contributed by atoms with van der Waals surface area (Å²) < 4.78 is 0. The molecule has 1 aromatic carbocycles. The number of hydrogen-bond donors (Lipinski definition) is 2. The highest BCUT2D eigenvalue weighted by Crippen LogP contribution is 2.07. The van der Waals surface area contributed by atoms with Gasteiger partial charge in [0.05, 0.1) is 0 Å². The summed E-state index contributed by atoms with van der Waals surface area (Å²) in [6.45, 7) is 0.657. The Balaban J connectivity index is 1.67. The number of aromatic nitrogens is 1. The van der Waals surface area contributed by atoms with Gasteiger partial charge in [0.2, 0.25) is 5.91 Å². The maximum Gasteiger partial charge on any atom is 0.220 e. The maximum atomic E-state index is 11.7. The second kappa shape index (κ2) is 7.28. The number of nitrogens with two attached hydrogens (primary N) is 1. The number of amides is 1. The fourth-order valence-corrected chi connectivity index (χ4v) is 1.93. The van der Waals surface area contributed by atoms with Crippen molar-refractivity contribution in [2.45, 2.75) is 19.3 Å². The van der Waals surface area contributed by atoms with E-state index >= 15 is 0 Å². The number of rotatable bonds is 6. The molecule has 0 spiro atoms. The number of benzene rings is 1. The van der Waals surface area contributed by atoms with Crippen LogP contribution in [-0.2, 0) is 17.6 Å². The highest BCUT2D eigenvalue weighted by atomic mass is 16.1. The van der Waals surface area contributed by atoms with E-state index < -0.39 is 0 Å². The van der Waals surface area contributed by atoms with Crippen LogP contribution >= 0.6 is 0 Å². The summed E-state index contributed by atoms with van der Waals surface area (Å²) >= 11 is 0. The molecule has 0 unspecified atom stereocenters. The Kier molecular flexibility index (Phi) is 5.12. The molecule has 0 fully saturated rings. The molecule has 0 aliphatic carbocycles. The van der Waals surface area contributed by atoms with Crippen LogP contribution in [0.1, 0.15) is 17.5 Å². The molecule has 0 saturated heterocycles. The molecular weight excluding hydrogens is 250 g/mol. The zero-order valence-corrected chi connectivity index (χ0v) is 11.4. The van der Waals surface area contributed by atoms with Gasteiger partial charge >= 0.3 is 0 Å². The molecule has 2 rings (SSSR count). The van der Waals surface area contributed by atoms with Gasteiger partial charge in [-0.3, -0.25) is 9.78 Å². The van der Waals surface area contributed by atoms with E-state index in [0.29, 0.717) is 13.0 Å². The van der Waals surface area contributed by atoms with Crippen LogP contribution in [0.5, 0.6) is 0 Å². The number of pyridine rings is 1. The summed E-state index contributed by atoms with van der Waals surface area (Å²) in [7, 11) is 0. The number of hydrogen-bond acceptors (Lipinski definition) is 3. The highest BCUT2D eigenvalue weighted by molar-refractivity contribution is 5.76. The second-order valence-corrected chi connectivity index (χ2v) is 4.70. The molecule has 0 aliphatic heterocycles. The largest absolute Gasteiger partial charge is 0.399 e. The quantitative estimate of drug-likeness (QED) is 0.788. The SMILES string of the molecule is Nc1ccc(CCC(=O)NCCc2ccncc2)cc1. The van der Waals surface area contributed by atoms with Crippen LogP contribution in [0.2, 0.25) is 0 Å². The van der Waals surface area contributed by atoms with Crippen molar-refractivity contribution in [3.8, 4) is 0 Å². The van der Waals surface area contributed by atoms with E-state index in [4.69, 9.17) is 5.73 Å². The van der Waals surface area contributed by atoms with Gasteiger partial charge in [0.25, 0.3) is 0 Å². The van der Waals surface area contributed by atoms with Crippen molar-refractivity contribution in [2.24, 2.45) is 0 Å². The van der Waals surface area contributed by atoms with Crippen LogP contribution in [0.15, 0.2) is 48.8 Å². The molecule has 3 N–H and O–H groups in total. The summed E-state index contributed by atoms with van der Waals surface area (Å²) in [5.41, 5.74) is 8.67. The summed E-state index contributed by atoms with van der Waals surface area (Å²) in [4.78, 5) is 15.7. The van der Waals surface area contributed by atoms with Gasteiger partial charge in [-0.1, -0.05) is 12.1 Å². The number of nitrogens with zero attached hydrogens (tertiary/aromatic N) is 1. The van der Waals surface area contributed by atoms with Crippen LogP contribution in [0.3, 0.4) is 0 Å². The lowest BCUT2D eigenvalue weighted by atomic mass is 10.1.